The summed E-state index contributed by atoms with van der Waals surface area (Å²) in [5.41, 5.74) is 1.30. The number of benzene rings is 1. The van der Waals surface area contributed by atoms with Gasteiger partial charge >= 0.3 is 0 Å². The number of nitrogens with one attached hydrogen (secondary N) is 2. The monoisotopic (exact) mass is 390 g/mol. The smallest absolute Gasteiger partial charge is 0.191 e. The molecule has 0 bridgehead atoms. The molecular weight excluding hydrogens is 352 g/mol. The van der Waals surface area contributed by atoms with Crippen LogP contribution in [0.3, 0.4) is 0 Å². The lowest BCUT2D eigenvalue weighted by atomic mass is 9.89. The van der Waals surface area contributed by atoms with E-state index in [0.29, 0.717) is 12.5 Å². The molecule has 1 aliphatic rings. The van der Waals surface area contributed by atoms with Crippen molar-refractivity contribution >= 4 is 11.6 Å². The van der Waals surface area contributed by atoms with E-state index in [4.69, 9.17) is 14.5 Å². The van der Waals surface area contributed by atoms with Gasteiger partial charge in [-0.1, -0.05) is 26.8 Å². The standard InChI is InChI=1S/C22H38N4O2/c1-7-23-21(25-15-20(28-6)22(2,3)4)24-14-17-11-12-26(16-17)18-9-8-10-19(13-18)27-5/h8-10,13,17,20H,7,11-12,14-16H2,1-6H3,(H2,23,24,25). The van der Waals surface area contributed by atoms with Crippen molar-refractivity contribution in [3.8, 4) is 5.75 Å². The summed E-state index contributed by atoms with van der Waals surface area (Å²) < 4.78 is 11.0. The Kier molecular flexibility index (Phi) is 8.42. The summed E-state index contributed by atoms with van der Waals surface area (Å²) in [6.07, 6.45) is 1.27. The largest absolute Gasteiger partial charge is 0.497 e. The first-order valence-electron chi connectivity index (χ1n) is 10.3. The molecule has 1 fully saturated rings. The third kappa shape index (κ3) is 6.59. The Morgan fingerprint density at radius 3 is 2.71 bits per heavy atom. The van der Waals surface area contributed by atoms with E-state index in [1.165, 1.54) is 12.1 Å². The number of rotatable bonds is 8. The summed E-state index contributed by atoms with van der Waals surface area (Å²) >= 11 is 0. The molecule has 158 valence electrons. The second kappa shape index (κ2) is 10.6. The van der Waals surface area contributed by atoms with Gasteiger partial charge < -0.3 is 25.0 Å². The van der Waals surface area contributed by atoms with Crippen LogP contribution in [0.1, 0.15) is 34.1 Å². The van der Waals surface area contributed by atoms with Gasteiger partial charge in [-0.05, 0) is 36.8 Å². The average Bonchev–Trinajstić information content (AvgIpc) is 3.14. The maximum atomic E-state index is 5.62. The van der Waals surface area contributed by atoms with E-state index in [1.807, 2.05) is 6.07 Å². The summed E-state index contributed by atoms with van der Waals surface area (Å²) in [5, 5.41) is 6.87. The number of methoxy groups -OCH3 is 2. The minimum atomic E-state index is 0.0677. The quantitative estimate of drug-likeness (QED) is 0.528. The van der Waals surface area contributed by atoms with Crippen LogP contribution in [0.2, 0.25) is 0 Å². The Bertz CT molecular complexity index is 627. The highest BCUT2D eigenvalue weighted by Gasteiger charge is 2.25. The van der Waals surface area contributed by atoms with Gasteiger partial charge in [-0.2, -0.15) is 0 Å². The van der Waals surface area contributed by atoms with Gasteiger partial charge in [0.05, 0.1) is 19.8 Å². The average molecular weight is 391 g/mol. The van der Waals surface area contributed by atoms with Gasteiger partial charge in [0.2, 0.25) is 0 Å². The lowest BCUT2D eigenvalue weighted by Crippen LogP contribution is -2.41. The maximum Gasteiger partial charge on any atom is 0.191 e. The lowest BCUT2D eigenvalue weighted by molar-refractivity contribution is 0.0241. The first-order valence-corrected chi connectivity index (χ1v) is 10.3. The van der Waals surface area contributed by atoms with Crippen LogP contribution in [-0.4, -0.2) is 59.0 Å². The van der Waals surface area contributed by atoms with Crippen LogP contribution >= 0.6 is 0 Å². The first-order chi connectivity index (χ1) is 13.4. The molecular formula is C22H38N4O2. The van der Waals surface area contributed by atoms with Crippen LogP contribution in [0.25, 0.3) is 0 Å². The van der Waals surface area contributed by atoms with Crippen LogP contribution in [-0.2, 0) is 4.74 Å². The molecule has 2 unspecified atom stereocenters. The van der Waals surface area contributed by atoms with Crippen LogP contribution in [0, 0.1) is 11.3 Å². The molecule has 1 aromatic carbocycles. The van der Waals surface area contributed by atoms with E-state index in [1.54, 1.807) is 14.2 Å². The maximum absolute atomic E-state index is 5.62. The zero-order valence-corrected chi connectivity index (χ0v) is 18.4. The summed E-state index contributed by atoms with van der Waals surface area (Å²) in [7, 11) is 3.47. The predicted molar refractivity (Wildman–Crippen MR) is 118 cm³/mol. The minimum absolute atomic E-state index is 0.0677. The molecule has 1 saturated heterocycles. The Labute approximate surface area is 170 Å². The number of hydrogen-bond donors (Lipinski definition) is 2. The fourth-order valence-electron chi connectivity index (χ4n) is 3.50. The van der Waals surface area contributed by atoms with Crippen molar-refractivity contribution < 1.29 is 9.47 Å². The minimum Gasteiger partial charge on any atom is -0.497 e. The van der Waals surface area contributed by atoms with Gasteiger partial charge in [0.1, 0.15) is 5.75 Å². The highest BCUT2D eigenvalue weighted by atomic mass is 16.5. The highest BCUT2D eigenvalue weighted by Crippen LogP contribution is 2.26. The molecule has 1 aliphatic heterocycles. The zero-order chi connectivity index (χ0) is 20.6. The fourth-order valence-corrected chi connectivity index (χ4v) is 3.50. The number of ether oxygens (including phenoxy) is 2. The van der Waals surface area contributed by atoms with Crippen molar-refractivity contribution in [3.05, 3.63) is 24.3 Å². The molecule has 0 radical (unpaired) electrons. The zero-order valence-electron chi connectivity index (χ0n) is 18.4. The summed E-state index contributed by atoms with van der Waals surface area (Å²) in [5.74, 6) is 2.37. The van der Waals surface area contributed by atoms with Crippen LogP contribution in [0.15, 0.2) is 29.3 Å². The normalized spacial score (nSPS) is 18.9. The molecule has 0 aromatic heterocycles. The predicted octanol–water partition coefficient (Wildman–Crippen LogP) is 3.14. The number of anilines is 1. The van der Waals surface area contributed by atoms with Crippen LogP contribution in [0.4, 0.5) is 5.69 Å². The molecule has 0 spiro atoms. The summed E-state index contributed by atoms with van der Waals surface area (Å²) in [6, 6.07) is 8.31. The molecule has 2 atom stereocenters. The van der Waals surface area contributed by atoms with E-state index in [0.717, 1.165) is 37.9 Å². The lowest BCUT2D eigenvalue weighted by Gasteiger charge is -2.28. The number of hydrogen-bond acceptors (Lipinski definition) is 4. The van der Waals surface area contributed by atoms with Crippen molar-refractivity contribution in [2.45, 2.75) is 40.2 Å². The third-order valence-corrected chi connectivity index (χ3v) is 5.27. The van der Waals surface area contributed by atoms with Gasteiger partial charge in [-0.25, -0.2) is 0 Å². The second-order valence-corrected chi connectivity index (χ2v) is 8.49. The van der Waals surface area contributed by atoms with Crippen LogP contribution < -0.4 is 20.3 Å². The SMILES string of the molecule is CCNC(=NCC(OC)C(C)(C)C)NCC1CCN(c2cccc(OC)c2)C1. The summed E-state index contributed by atoms with van der Waals surface area (Å²) in [4.78, 5) is 7.18. The number of nitrogens with zero attached hydrogens (tertiary/aromatic N) is 2. The van der Waals surface area contributed by atoms with Crippen molar-refractivity contribution in [1.29, 1.82) is 0 Å². The Hall–Kier alpha value is -1.95. The topological polar surface area (TPSA) is 58.1 Å². The Balaban J connectivity index is 1.89. The van der Waals surface area contributed by atoms with Gasteiger partial charge in [0.15, 0.2) is 5.96 Å². The molecule has 0 amide bonds. The molecule has 6 heteroatoms. The van der Waals surface area contributed by atoms with Gasteiger partial charge in [-0.15, -0.1) is 0 Å². The Morgan fingerprint density at radius 1 is 1.29 bits per heavy atom. The molecule has 28 heavy (non-hydrogen) atoms. The second-order valence-electron chi connectivity index (χ2n) is 8.49. The van der Waals surface area contributed by atoms with E-state index in [-0.39, 0.29) is 11.5 Å². The van der Waals surface area contributed by atoms with Gasteiger partial charge in [0.25, 0.3) is 0 Å². The molecule has 2 N–H and O–H groups in total. The van der Waals surface area contributed by atoms with Crippen molar-refractivity contribution in [2.24, 2.45) is 16.3 Å². The van der Waals surface area contributed by atoms with E-state index in [9.17, 15) is 0 Å². The summed E-state index contributed by atoms with van der Waals surface area (Å²) in [6.45, 7) is 13.2. The Morgan fingerprint density at radius 2 is 2.07 bits per heavy atom. The highest BCUT2D eigenvalue weighted by molar-refractivity contribution is 5.79. The van der Waals surface area contributed by atoms with Crippen molar-refractivity contribution in [3.63, 3.8) is 0 Å². The molecule has 0 aliphatic carbocycles. The van der Waals surface area contributed by atoms with E-state index in [2.05, 4.69) is 61.4 Å². The first kappa shape index (κ1) is 22.3. The third-order valence-electron chi connectivity index (χ3n) is 5.27. The number of guanidine groups is 1. The van der Waals surface area contributed by atoms with Crippen LogP contribution in [0.5, 0.6) is 5.75 Å². The van der Waals surface area contributed by atoms with Gasteiger partial charge in [-0.3, -0.25) is 4.99 Å². The molecule has 0 saturated carbocycles. The molecule has 6 nitrogen and oxygen atoms in total. The molecule has 1 heterocycles. The van der Waals surface area contributed by atoms with Crippen molar-refractivity contribution in [1.82, 2.24) is 10.6 Å². The van der Waals surface area contributed by atoms with E-state index >= 15 is 0 Å². The molecule has 2 rings (SSSR count). The molecule has 1 aromatic rings. The number of aliphatic imine (C=N–C) groups is 1. The van der Waals surface area contributed by atoms with Crippen molar-refractivity contribution in [2.75, 3.05) is 51.8 Å². The fraction of sp³-hybridized carbons (Fsp3) is 0.682. The van der Waals surface area contributed by atoms with E-state index < -0.39 is 0 Å². The van der Waals surface area contributed by atoms with Gasteiger partial charge in [0, 0.05) is 45.0 Å².